The topological polar surface area (TPSA) is 63.2 Å². The van der Waals surface area contributed by atoms with Gasteiger partial charge in [-0.25, -0.2) is 4.79 Å². The van der Waals surface area contributed by atoms with Crippen molar-refractivity contribution in [1.82, 2.24) is 0 Å². The highest BCUT2D eigenvalue weighted by molar-refractivity contribution is 6.91. The van der Waals surface area contributed by atoms with Crippen LogP contribution in [0.5, 0.6) is 0 Å². The van der Waals surface area contributed by atoms with Crippen molar-refractivity contribution < 1.29 is 26.0 Å². The Morgan fingerprint density at radius 3 is 1.37 bits per heavy atom. The van der Waals surface area contributed by atoms with Crippen LogP contribution in [-0.4, -0.2) is 54.5 Å². The Morgan fingerprint density at radius 2 is 1.07 bits per heavy atom. The van der Waals surface area contributed by atoms with Gasteiger partial charge >= 0.3 is 23.3 Å². The zero-order chi connectivity index (χ0) is 21.9. The lowest BCUT2D eigenvalue weighted by Gasteiger charge is -2.43. The van der Waals surface area contributed by atoms with E-state index in [1.807, 2.05) is 13.1 Å². The van der Waals surface area contributed by atoms with Crippen molar-refractivity contribution in [3.05, 3.63) is 12.2 Å². The highest BCUT2D eigenvalue weighted by Gasteiger charge is 2.54. The molecular formula is C16H40O6Si5. The third-order valence-corrected chi connectivity index (χ3v) is 18.1. The maximum atomic E-state index is 12.1. The number of rotatable bonds is 11. The van der Waals surface area contributed by atoms with Crippen molar-refractivity contribution in [3.63, 3.8) is 0 Å². The molecule has 11 heteroatoms. The molecule has 0 aliphatic heterocycles. The van der Waals surface area contributed by atoms with Crippen LogP contribution in [0, 0.1) is 0 Å². The minimum atomic E-state index is -3.31. The quantitative estimate of drug-likeness (QED) is 0.245. The highest BCUT2D eigenvalue weighted by atomic mass is 28.5. The summed E-state index contributed by atoms with van der Waals surface area (Å²) >= 11 is 0. The zero-order valence-corrected chi connectivity index (χ0v) is 24.4. The molecule has 0 radical (unpaired) electrons. The van der Waals surface area contributed by atoms with E-state index >= 15 is 0 Å². The van der Waals surface area contributed by atoms with Crippen molar-refractivity contribution in [2.75, 3.05) is 6.23 Å². The number of hydrogen-bond donors (Lipinski definition) is 0. The van der Waals surface area contributed by atoms with Gasteiger partial charge in [0.2, 0.25) is 0 Å². The van der Waals surface area contributed by atoms with Crippen LogP contribution in [0.2, 0.25) is 72.0 Å². The fourth-order valence-electron chi connectivity index (χ4n) is 2.49. The summed E-state index contributed by atoms with van der Waals surface area (Å²) < 4.78 is 31.5. The summed E-state index contributed by atoms with van der Waals surface area (Å²) in [7, 11) is -11.8. The van der Waals surface area contributed by atoms with Gasteiger partial charge in [-0.1, -0.05) is 6.58 Å². The molecule has 160 valence electrons. The molecule has 0 aromatic rings. The van der Waals surface area contributed by atoms with Gasteiger partial charge in [-0.05, 0) is 78.9 Å². The van der Waals surface area contributed by atoms with E-state index in [0.717, 1.165) is 0 Å². The zero-order valence-electron chi connectivity index (χ0n) is 19.4. The van der Waals surface area contributed by atoms with Crippen LogP contribution in [0.3, 0.4) is 0 Å². The Hall–Kier alpha value is 0.134. The predicted molar refractivity (Wildman–Crippen MR) is 123 cm³/mol. The summed E-state index contributed by atoms with van der Waals surface area (Å²) in [6, 6.07) is 0. The molecule has 6 nitrogen and oxygen atoms in total. The summed E-state index contributed by atoms with van der Waals surface area (Å²) in [5.41, 5.74) is 0.341. The molecule has 0 rings (SSSR count). The summed E-state index contributed by atoms with van der Waals surface area (Å²) in [6.07, 6.45) is -0.0152. The van der Waals surface area contributed by atoms with Gasteiger partial charge < -0.3 is 21.2 Å². The van der Waals surface area contributed by atoms with Crippen molar-refractivity contribution >= 4 is 48.3 Å². The van der Waals surface area contributed by atoms with Crippen molar-refractivity contribution in [1.29, 1.82) is 0 Å². The first-order valence-corrected chi connectivity index (χ1v) is 24.3. The first kappa shape index (κ1) is 27.1. The lowest BCUT2D eigenvalue weighted by Crippen LogP contribution is -2.65. The summed E-state index contributed by atoms with van der Waals surface area (Å²) in [5.74, 6) is -0.459. The summed E-state index contributed by atoms with van der Waals surface area (Å²) in [4.78, 5) is 12.1. The maximum Gasteiger partial charge on any atom is 0.510 e. The van der Waals surface area contributed by atoms with Crippen LogP contribution in [0.4, 0.5) is 0 Å². The summed E-state index contributed by atoms with van der Waals surface area (Å²) in [6.45, 7) is 28.2. The second-order valence-corrected chi connectivity index (χ2v) is 30.6. The standard InChI is InChI=1S/C16H40O6Si5/c1-15(2)16(17)18-14-27(20-24(6,7)8,21-25(9,10)11)22-26(12,13)19-23(3,4)5/h1,14H2,2-13H3. The number of esters is 1. The first-order chi connectivity index (χ1) is 11.7. The van der Waals surface area contributed by atoms with Gasteiger partial charge in [0.1, 0.15) is 0 Å². The van der Waals surface area contributed by atoms with Crippen molar-refractivity contribution in [3.8, 4) is 0 Å². The number of hydrogen-bond acceptors (Lipinski definition) is 6. The molecule has 0 saturated heterocycles. The van der Waals surface area contributed by atoms with Gasteiger partial charge in [0.15, 0.2) is 31.2 Å². The van der Waals surface area contributed by atoms with E-state index < -0.39 is 48.3 Å². The Morgan fingerprint density at radius 1 is 0.704 bits per heavy atom. The van der Waals surface area contributed by atoms with Gasteiger partial charge in [-0.3, -0.25) is 0 Å². The Kier molecular flexibility index (Phi) is 9.35. The maximum absolute atomic E-state index is 12.1. The number of carbonyl (C=O) groups excluding carboxylic acids is 1. The smallest absolute Gasteiger partial charge is 0.458 e. The largest absolute Gasteiger partial charge is 0.510 e. The minimum Gasteiger partial charge on any atom is -0.458 e. The lowest BCUT2D eigenvalue weighted by atomic mass is 10.4. The van der Waals surface area contributed by atoms with Gasteiger partial charge in [-0.2, -0.15) is 0 Å². The monoisotopic (exact) mass is 468 g/mol. The normalized spacial score (nSPS) is 14.2. The molecule has 0 saturated carbocycles. The second kappa shape index (κ2) is 9.30. The van der Waals surface area contributed by atoms with Crippen LogP contribution >= 0.6 is 0 Å². The molecule has 0 unspecified atom stereocenters. The Bertz CT molecular complexity index is 515. The molecule has 0 fully saturated rings. The van der Waals surface area contributed by atoms with Crippen LogP contribution in [0.1, 0.15) is 6.92 Å². The summed E-state index contributed by atoms with van der Waals surface area (Å²) in [5, 5.41) is 0. The van der Waals surface area contributed by atoms with Crippen LogP contribution < -0.4 is 0 Å². The highest BCUT2D eigenvalue weighted by Crippen LogP contribution is 2.28. The van der Waals surface area contributed by atoms with E-state index in [1.165, 1.54) is 0 Å². The van der Waals surface area contributed by atoms with E-state index in [9.17, 15) is 4.79 Å². The molecule has 27 heavy (non-hydrogen) atoms. The molecular weight excluding hydrogens is 429 g/mol. The molecule has 0 N–H and O–H groups in total. The SMILES string of the molecule is C=C(C)C(=O)OC[Si](O[Si](C)(C)C)(O[Si](C)(C)C)O[Si](C)(C)O[Si](C)(C)C. The predicted octanol–water partition coefficient (Wildman–Crippen LogP) is 4.86. The van der Waals surface area contributed by atoms with Crippen LogP contribution in [0.25, 0.3) is 0 Å². The van der Waals surface area contributed by atoms with E-state index in [1.54, 1.807) is 6.92 Å². The molecule has 0 aliphatic carbocycles. The lowest BCUT2D eigenvalue weighted by molar-refractivity contribution is -0.138. The Balaban J connectivity index is 5.94. The molecule has 0 spiro atoms. The second-order valence-electron chi connectivity index (χ2n) is 10.2. The van der Waals surface area contributed by atoms with Gasteiger partial charge in [0.05, 0.1) is 0 Å². The average molecular weight is 469 g/mol. The average Bonchev–Trinajstić information content (AvgIpc) is 2.26. The van der Waals surface area contributed by atoms with Crippen molar-refractivity contribution in [2.24, 2.45) is 0 Å². The van der Waals surface area contributed by atoms with E-state index in [2.05, 4.69) is 65.5 Å². The minimum absolute atomic E-state index is 0.0152. The third-order valence-electron chi connectivity index (χ3n) is 2.61. The molecule has 0 aromatic carbocycles. The van der Waals surface area contributed by atoms with E-state index in [4.69, 9.17) is 21.2 Å². The number of carbonyl (C=O) groups is 1. The first-order valence-electron chi connectivity index (χ1n) is 9.29. The van der Waals surface area contributed by atoms with Crippen LogP contribution in [0.15, 0.2) is 12.2 Å². The molecule has 0 atom stereocenters. The van der Waals surface area contributed by atoms with Gasteiger partial charge in [0.25, 0.3) is 0 Å². The fraction of sp³-hybridized carbons (Fsp3) is 0.812. The molecule has 0 amide bonds. The van der Waals surface area contributed by atoms with Crippen molar-refractivity contribution in [2.45, 2.75) is 78.9 Å². The van der Waals surface area contributed by atoms with E-state index in [-0.39, 0.29) is 6.23 Å². The number of ether oxygens (including phenoxy) is 1. The van der Waals surface area contributed by atoms with E-state index in [0.29, 0.717) is 5.57 Å². The Labute approximate surface area is 171 Å². The molecule has 0 aliphatic rings. The molecule has 0 heterocycles. The van der Waals surface area contributed by atoms with Crippen LogP contribution in [-0.2, 0) is 26.0 Å². The fourth-order valence-corrected chi connectivity index (χ4v) is 22.0. The molecule has 0 aromatic heterocycles. The third kappa shape index (κ3) is 13.1. The molecule has 0 bridgehead atoms. The van der Waals surface area contributed by atoms with Gasteiger partial charge in [0, 0.05) is 5.57 Å². The van der Waals surface area contributed by atoms with Gasteiger partial charge in [-0.15, -0.1) is 0 Å².